The lowest BCUT2D eigenvalue weighted by Crippen LogP contribution is -2.33. The van der Waals surface area contributed by atoms with Crippen molar-refractivity contribution < 1.29 is 35.9 Å². The number of rotatable bonds is 6. The van der Waals surface area contributed by atoms with E-state index in [-0.39, 0.29) is 23.5 Å². The quantitative estimate of drug-likeness (QED) is 0.697. The Morgan fingerprint density at radius 3 is 2.56 bits per heavy atom. The average molecular weight is 469 g/mol. The number of nitrogens with zero attached hydrogens (tertiary/aromatic N) is 2. The number of halogens is 3. The van der Waals surface area contributed by atoms with Gasteiger partial charge in [0.05, 0.1) is 24.9 Å². The van der Waals surface area contributed by atoms with Crippen LogP contribution in [0.1, 0.15) is 12.5 Å². The Morgan fingerprint density at radius 2 is 1.88 bits per heavy atom. The molecule has 1 amide bonds. The number of benzene rings is 2. The van der Waals surface area contributed by atoms with Gasteiger partial charge in [0, 0.05) is 23.5 Å². The summed E-state index contributed by atoms with van der Waals surface area (Å²) in [7, 11) is -2.66. The predicted molar refractivity (Wildman–Crippen MR) is 110 cm³/mol. The number of alkyl halides is 3. The fraction of sp³-hybridized carbons (Fsp3) is 0.200. The van der Waals surface area contributed by atoms with Gasteiger partial charge in [-0.1, -0.05) is 24.3 Å². The summed E-state index contributed by atoms with van der Waals surface area (Å²) in [4.78, 5) is 12.7. The minimum atomic E-state index is -4.88. The maximum Gasteiger partial charge on any atom is 0.573 e. The molecule has 1 aliphatic rings. The summed E-state index contributed by atoms with van der Waals surface area (Å²) in [6, 6.07) is 11.5. The molecule has 12 heteroatoms. The molecule has 32 heavy (non-hydrogen) atoms. The van der Waals surface area contributed by atoms with Gasteiger partial charge in [0.1, 0.15) is 11.5 Å². The van der Waals surface area contributed by atoms with Crippen LogP contribution in [0.4, 0.5) is 18.9 Å². The molecule has 0 aliphatic carbocycles. The van der Waals surface area contributed by atoms with Crippen molar-refractivity contribution >= 4 is 27.5 Å². The normalized spacial score (nSPS) is 15.5. The minimum Gasteiger partial charge on any atom is -0.496 e. The summed E-state index contributed by atoms with van der Waals surface area (Å²) in [5, 5.41) is 2.42. The SMILES string of the molecule is COc1ccccc1CN1C=C(C(=O)Nc2cccc(OC(F)(F)F)c2)C(C)=NS1(=O)=O. The highest BCUT2D eigenvalue weighted by Gasteiger charge is 2.31. The molecule has 1 heterocycles. The van der Waals surface area contributed by atoms with E-state index in [1.807, 2.05) is 0 Å². The average Bonchev–Trinajstić information content (AvgIpc) is 2.68. The molecule has 0 bridgehead atoms. The van der Waals surface area contributed by atoms with Crippen molar-refractivity contribution in [1.29, 1.82) is 0 Å². The van der Waals surface area contributed by atoms with Gasteiger partial charge < -0.3 is 14.8 Å². The van der Waals surface area contributed by atoms with Crippen LogP contribution in [0.25, 0.3) is 0 Å². The van der Waals surface area contributed by atoms with E-state index in [2.05, 4.69) is 14.5 Å². The van der Waals surface area contributed by atoms with E-state index in [1.54, 1.807) is 24.3 Å². The van der Waals surface area contributed by atoms with E-state index in [4.69, 9.17) is 4.74 Å². The first-order valence-electron chi connectivity index (χ1n) is 9.08. The van der Waals surface area contributed by atoms with Crippen LogP contribution in [-0.2, 0) is 21.5 Å². The lowest BCUT2D eigenvalue weighted by Gasteiger charge is -2.24. The molecule has 0 spiro atoms. The number of methoxy groups -OCH3 is 1. The smallest absolute Gasteiger partial charge is 0.496 e. The molecule has 0 atom stereocenters. The summed E-state index contributed by atoms with van der Waals surface area (Å²) in [6.45, 7) is 1.20. The Labute approximate surface area is 182 Å². The van der Waals surface area contributed by atoms with E-state index in [9.17, 15) is 26.4 Å². The molecule has 0 saturated heterocycles. The standard InChI is InChI=1S/C20H18F3N3O5S/c1-13-17(19(27)24-15-7-5-8-16(10-15)31-20(21,22)23)12-26(32(28,29)25-13)11-14-6-3-4-9-18(14)30-2/h3-10,12H,11H2,1-2H3,(H,24,27). The number of nitrogens with one attached hydrogen (secondary N) is 1. The summed E-state index contributed by atoms with van der Waals surface area (Å²) < 4.78 is 75.8. The van der Waals surface area contributed by atoms with Gasteiger partial charge >= 0.3 is 16.6 Å². The zero-order valence-corrected chi connectivity index (χ0v) is 17.7. The largest absolute Gasteiger partial charge is 0.573 e. The Balaban J connectivity index is 1.85. The van der Waals surface area contributed by atoms with E-state index >= 15 is 0 Å². The summed E-state index contributed by atoms with van der Waals surface area (Å²) in [5.74, 6) is -0.816. The van der Waals surface area contributed by atoms with E-state index in [0.717, 1.165) is 22.6 Å². The molecule has 0 fully saturated rings. The molecular weight excluding hydrogens is 451 g/mol. The number of anilines is 1. The first kappa shape index (κ1) is 23.1. The van der Waals surface area contributed by atoms with Crippen LogP contribution in [-0.4, -0.2) is 37.8 Å². The van der Waals surface area contributed by atoms with Crippen molar-refractivity contribution in [2.24, 2.45) is 4.40 Å². The number of carbonyl (C=O) groups excluding carboxylic acids is 1. The minimum absolute atomic E-state index is 0.0233. The third-order valence-corrected chi connectivity index (χ3v) is 5.63. The fourth-order valence-electron chi connectivity index (χ4n) is 2.90. The van der Waals surface area contributed by atoms with Crippen LogP contribution >= 0.6 is 0 Å². The molecule has 2 aromatic rings. The topological polar surface area (TPSA) is 97.3 Å². The van der Waals surface area contributed by atoms with Gasteiger partial charge in [0.2, 0.25) is 0 Å². The van der Waals surface area contributed by atoms with Gasteiger partial charge in [-0.15, -0.1) is 17.6 Å². The van der Waals surface area contributed by atoms with E-state index in [1.165, 1.54) is 26.2 Å². The van der Waals surface area contributed by atoms with E-state index in [0.29, 0.717) is 11.3 Å². The number of hydrogen-bond donors (Lipinski definition) is 1. The molecule has 0 unspecified atom stereocenters. The van der Waals surface area contributed by atoms with E-state index < -0.39 is 28.2 Å². The molecule has 3 rings (SSSR count). The van der Waals surface area contributed by atoms with Crippen molar-refractivity contribution in [3.05, 3.63) is 65.9 Å². The second kappa shape index (κ2) is 8.91. The van der Waals surface area contributed by atoms with Crippen molar-refractivity contribution in [3.8, 4) is 11.5 Å². The van der Waals surface area contributed by atoms with Crippen LogP contribution in [0.2, 0.25) is 0 Å². The van der Waals surface area contributed by atoms with Crippen LogP contribution < -0.4 is 14.8 Å². The lowest BCUT2D eigenvalue weighted by atomic mass is 10.1. The van der Waals surface area contributed by atoms with Crippen molar-refractivity contribution in [2.45, 2.75) is 19.8 Å². The van der Waals surface area contributed by atoms with Crippen LogP contribution in [0.3, 0.4) is 0 Å². The third-order valence-electron chi connectivity index (χ3n) is 4.30. The molecule has 1 aliphatic heterocycles. The Bertz CT molecular complexity index is 1190. The molecule has 8 nitrogen and oxygen atoms in total. The molecule has 0 aromatic heterocycles. The molecular formula is C20H18F3N3O5S. The van der Waals surface area contributed by atoms with Gasteiger partial charge in [-0.3, -0.25) is 9.10 Å². The number of carbonyl (C=O) groups is 1. The van der Waals surface area contributed by atoms with Crippen LogP contribution in [0.15, 0.2) is 64.7 Å². The summed E-state index contributed by atoms with van der Waals surface area (Å²) >= 11 is 0. The first-order valence-corrected chi connectivity index (χ1v) is 10.5. The maximum atomic E-state index is 12.7. The summed E-state index contributed by atoms with van der Waals surface area (Å²) in [5.41, 5.74) is 0.426. The predicted octanol–water partition coefficient (Wildman–Crippen LogP) is 3.64. The lowest BCUT2D eigenvalue weighted by molar-refractivity contribution is -0.274. The molecule has 1 N–H and O–H groups in total. The van der Waals surface area contributed by atoms with Crippen molar-refractivity contribution in [2.75, 3.05) is 12.4 Å². The van der Waals surface area contributed by atoms with Gasteiger partial charge in [0.25, 0.3) is 5.91 Å². The Morgan fingerprint density at radius 1 is 1.16 bits per heavy atom. The molecule has 0 radical (unpaired) electrons. The highest BCUT2D eigenvalue weighted by molar-refractivity contribution is 7.88. The number of ether oxygens (including phenoxy) is 2. The zero-order chi connectivity index (χ0) is 23.5. The molecule has 170 valence electrons. The maximum absolute atomic E-state index is 12.7. The van der Waals surface area contributed by atoms with Gasteiger partial charge in [-0.2, -0.15) is 8.42 Å². The van der Waals surface area contributed by atoms with Crippen molar-refractivity contribution in [3.63, 3.8) is 0 Å². The highest BCUT2D eigenvalue weighted by Crippen LogP contribution is 2.27. The number of para-hydroxylation sites is 1. The Kier molecular flexibility index (Phi) is 6.44. The number of amides is 1. The van der Waals surface area contributed by atoms with Gasteiger partial charge in [0.15, 0.2) is 0 Å². The third kappa shape index (κ3) is 5.58. The summed E-state index contributed by atoms with van der Waals surface area (Å²) in [6.07, 6.45) is -3.76. The van der Waals surface area contributed by atoms with Gasteiger partial charge in [-0.05, 0) is 25.1 Å². The van der Waals surface area contributed by atoms with Crippen LogP contribution in [0.5, 0.6) is 11.5 Å². The second-order valence-corrected chi connectivity index (χ2v) is 8.13. The first-order chi connectivity index (χ1) is 15.0. The molecule has 0 saturated carbocycles. The monoisotopic (exact) mass is 469 g/mol. The molecule has 2 aromatic carbocycles. The fourth-order valence-corrected chi connectivity index (χ4v) is 3.99. The second-order valence-electron chi connectivity index (χ2n) is 6.58. The van der Waals surface area contributed by atoms with Gasteiger partial charge in [-0.25, -0.2) is 0 Å². The highest BCUT2D eigenvalue weighted by atomic mass is 32.2. The van der Waals surface area contributed by atoms with Crippen LogP contribution in [0, 0.1) is 0 Å². The zero-order valence-electron chi connectivity index (χ0n) is 16.9. The Hall–Kier alpha value is -3.54. The van der Waals surface area contributed by atoms with Crippen molar-refractivity contribution in [1.82, 2.24) is 4.31 Å². The number of hydrogen-bond acceptors (Lipinski definition) is 5.